The summed E-state index contributed by atoms with van der Waals surface area (Å²) in [5.41, 5.74) is 0.439. The van der Waals surface area contributed by atoms with E-state index in [-0.39, 0.29) is 11.1 Å². The largest absolute Gasteiger partial charge is 0.444 e. The molecule has 2 atom stereocenters. The Kier molecular flexibility index (Phi) is 5.25. The van der Waals surface area contributed by atoms with Gasteiger partial charge in [0.25, 0.3) is 0 Å². The summed E-state index contributed by atoms with van der Waals surface area (Å²) in [7, 11) is 0. The number of hydrogen-bond acceptors (Lipinski definition) is 6. The molecule has 1 rings (SSSR count). The molecule has 0 fully saturated rings. The van der Waals surface area contributed by atoms with E-state index in [4.69, 9.17) is 20.0 Å². The maximum atomic E-state index is 11.6. The zero-order valence-corrected chi connectivity index (χ0v) is 11.0. The average Bonchev–Trinajstić information content (AvgIpc) is 2.46. The van der Waals surface area contributed by atoms with Crippen LogP contribution in [0.2, 0.25) is 0 Å². The SMILES string of the molecule is C[C@@H](C#N)OC(=O)c1ccc(C(=O)O[C@@H](C)C#N)cc1. The Hall–Kier alpha value is -2.86. The molecule has 102 valence electrons. The summed E-state index contributed by atoms with van der Waals surface area (Å²) in [5.74, 6) is -1.30. The number of nitrogens with zero attached hydrogens (tertiary/aromatic N) is 2. The molecule has 0 aliphatic carbocycles. The summed E-state index contributed by atoms with van der Waals surface area (Å²) in [4.78, 5) is 23.2. The zero-order valence-electron chi connectivity index (χ0n) is 11.0. The monoisotopic (exact) mass is 272 g/mol. The molecule has 6 heteroatoms. The van der Waals surface area contributed by atoms with Crippen molar-refractivity contribution in [3.8, 4) is 12.1 Å². The molecular weight excluding hydrogens is 260 g/mol. The van der Waals surface area contributed by atoms with E-state index >= 15 is 0 Å². The Morgan fingerprint density at radius 3 is 1.45 bits per heavy atom. The summed E-state index contributed by atoms with van der Waals surface area (Å²) in [6.07, 6.45) is -1.69. The molecule has 0 saturated heterocycles. The highest BCUT2D eigenvalue weighted by molar-refractivity contribution is 5.93. The first kappa shape index (κ1) is 15.2. The van der Waals surface area contributed by atoms with Crippen LogP contribution < -0.4 is 0 Å². The summed E-state index contributed by atoms with van der Waals surface area (Å²) < 4.78 is 9.62. The second-order valence-electron chi connectivity index (χ2n) is 3.93. The molecule has 0 heterocycles. The molecule has 6 nitrogen and oxygen atoms in total. The van der Waals surface area contributed by atoms with Crippen molar-refractivity contribution in [2.45, 2.75) is 26.1 Å². The predicted molar refractivity (Wildman–Crippen MR) is 67.4 cm³/mol. The molecular formula is C14H12N2O4. The number of carbonyl (C=O) groups is 2. The zero-order chi connectivity index (χ0) is 15.1. The molecule has 0 N–H and O–H groups in total. The minimum absolute atomic E-state index is 0.219. The molecule has 0 bridgehead atoms. The van der Waals surface area contributed by atoms with E-state index in [1.807, 2.05) is 0 Å². The van der Waals surface area contributed by atoms with Crippen molar-refractivity contribution in [1.82, 2.24) is 0 Å². The van der Waals surface area contributed by atoms with Crippen LogP contribution >= 0.6 is 0 Å². The number of hydrogen-bond donors (Lipinski definition) is 0. The molecule has 0 amide bonds. The van der Waals surface area contributed by atoms with Crippen LogP contribution in [0.4, 0.5) is 0 Å². The number of benzene rings is 1. The van der Waals surface area contributed by atoms with Crippen LogP contribution in [-0.4, -0.2) is 24.1 Å². The van der Waals surface area contributed by atoms with Gasteiger partial charge in [0.05, 0.1) is 11.1 Å². The van der Waals surface area contributed by atoms with Gasteiger partial charge in [-0.25, -0.2) is 9.59 Å². The first-order chi connectivity index (χ1) is 9.47. The lowest BCUT2D eigenvalue weighted by atomic mass is 10.1. The summed E-state index contributed by atoms with van der Waals surface area (Å²) >= 11 is 0. The lowest BCUT2D eigenvalue weighted by molar-refractivity contribution is 0.0420. The molecule has 1 aromatic carbocycles. The van der Waals surface area contributed by atoms with Crippen molar-refractivity contribution in [3.05, 3.63) is 35.4 Å². The maximum absolute atomic E-state index is 11.6. The second-order valence-corrected chi connectivity index (χ2v) is 3.93. The highest BCUT2D eigenvalue weighted by Crippen LogP contribution is 2.09. The van der Waals surface area contributed by atoms with Gasteiger partial charge in [-0.15, -0.1) is 0 Å². The fraction of sp³-hybridized carbons (Fsp3) is 0.286. The Labute approximate surface area is 116 Å². The normalized spacial score (nSPS) is 12.4. The number of nitriles is 2. The summed E-state index contributed by atoms with van der Waals surface area (Å²) in [5, 5.41) is 17.1. The van der Waals surface area contributed by atoms with Crippen LogP contribution in [0.5, 0.6) is 0 Å². The van der Waals surface area contributed by atoms with Gasteiger partial charge >= 0.3 is 11.9 Å². The summed E-state index contributed by atoms with van der Waals surface area (Å²) in [6, 6.07) is 9.11. The quantitative estimate of drug-likeness (QED) is 0.775. The molecule has 1 aromatic rings. The van der Waals surface area contributed by atoms with Crippen LogP contribution in [0, 0.1) is 22.7 Å². The van der Waals surface area contributed by atoms with Crippen LogP contribution in [0.25, 0.3) is 0 Å². The Morgan fingerprint density at radius 1 is 0.900 bits per heavy atom. The Bertz CT molecular complexity index is 528. The fourth-order valence-electron chi connectivity index (χ4n) is 1.25. The highest BCUT2D eigenvalue weighted by Gasteiger charge is 2.14. The fourth-order valence-corrected chi connectivity index (χ4v) is 1.25. The van der Waals surface area contributed by atoms with Gasteiger partial charge in [0.15, 0.2) is 12.2 Å². The van der Waals surface area contributed by atoms with E-state index in [0.717, 1.165) is 0 Å². The van der Waals surface area contributed by atoms with E-state index in [2.05, 4.69) is 0 Å². The molecule has 0 spiro atoms. The van der Waals surface area contributed by atoms with Crippen molar-refractivity contribution >= 4 is 11.9 Å². The van der Waals surface area contributed by atoms with Gasteiger partial charge in [-0.1, -0.05) is 0 Å². The standard InChI is InChI=1S/C14H12N2O4/c1-9(7-15)19-13(17)11-3-5-12(6-4-11)14(18)20-10(2)8-16/h3-6,9-10H,1-2H3/t9-,10-/m0/s1. The second kappa shape index (κ2) is 6.91. The predicted octanol–water partition coefficient (Wildman–Crippen LogP) is 1.82. The van der Waals surface area contributed by atoms with Gasteiger partial charge in [-0.3, -0.25) is 0 Å². The number of ether oxygens (including phenoxy) is 2. The lowest BCUT2D eigenvalue weighted by Crippen LogP contribution is -2.15. The van der Waals surface area contributed by atoms with Gasteiger partial charge in [0.1, 0.15) is 12.1 Å². The Balaban J connectivity index is 2.75. The van der Waals surface area contributed by atoms with Crippen LogP contribution in [-0.2, 0) is 9.47 Å². The van der Waals surface area contributed by atoms with Crippen molar-refractivity contribution in [1.29, 1.82) is 10.5 Å². The minimum Gasteiger partial charge on any atom is -0.444 e. The van der Waals surface area contributed by atoms with Gasteiger partial charge in [-0.05, 0) is 38.1 Å². The average molecular weight is 272 g/mol. The van der Waals surface area contributed by atoms with E-state index in [9.17, 15) is 9.59 Å². The lowest BCUT2D eigenvalue weighted by Gasteiger charge is -2.07. The van der Waals surface area contributed by atoms with Gasteiger partial charge < -0.3 is 9.47 Å². The highest BCUT2D eigenvalue weighted by atomic mass is 16.5. The van der Waals surface area contributed by atoms with E-state index in [0.29, 0.717) is 0 Å². The van der Waals surface area contributed by atoms with Gasteiger partial charge in [0, 0.05) is 0 Å². The summed E-state index contributed by atoms with van der Waals surface area (Å²) in [6.45, 7) is 2.90. The van der Waals surface area contributed by atoms with Gasteiger partial charge in [-0.2, -0.15) is 10.5 Å². The van der Waals surface area contributed by atoms with Gasteiger partial charge in [0.2, 0.25) is 0 Å². The maximum Gasteiger partial charge on any atom is 0.339 e. The molecule has 0 aliphatic rings. The first-order valence-corrected chi connectivity index (χ1v) is 5.79. The molecule has 0 aliphatic heterocycles. The van der Waals surface area contributed by atoms with Crippen LogP contribution in [0.1, 0.15) is 34.6 Å². The minimum atomic E-state index is -0.844. The van der Waals surface area contributed by atoms with Crippen molar-refractivity contribution in [2.75, 3.05) is 0 Å². The number of carbonyl (C=O) groups excluding carboxylic acids is 2. The van der Waals surface area contributed by atoms with Crippen molar-refractivity contribution in [2.24, 2.45) is 0 Å². The van der Waals surface area contributed by atoms with E-state index < -0.39 is 24.1 Å². The van der Waals surface area contributed by atoms with Crippen molar-refractivity contribution < 1.29 is 19.1 Å². The number of esters is 2. The smallest absolute Gasteiger partial charge is 0.339 e. The van der Waals surface area contributed by atoms with Crippen molar-refractivity contribution in [3.63, 3.8) is 0 Å². The molecule has 0 unspecified atom stereocenters. The third kappa shape index (κ3) is 4.11. The van der Waals surface area contributed by atoms with E-state index in [1.54, 1.807) is 12.1 Å². The molecule has 20 heavy (non-hydrogen) atoms. The third-order valence-electron chi connectivity index (χ3n) is 2.29. The number of rotatable bonds is 4. The topological polar surface area (TPSA) is 100 Å². The van der Waals surface area contributed by atoms with E-state index in [1.165, 1.54) is 38.1 Å². The molecule has 0 aromatic heterocycles. The molecule has 0 saturated carbocycles. The third-order valence-corrected chi connectivity index (χ3v) is 2.29. The van der Waals surface area contributed by atoms with Crippen LogP contribution in [0.15, 0.2) is 24.3 Å². The molecule has 0 radical (unpaired) electrons. The first-order valence-electron chi connectivity index (χ1n) is 5.79. The Morgan fingerprint density at radius 2 is 1.20 bits per heavy atom. The van der Waals surface area contributed by atoms with Crippen LogP contribution in [0.3, 0.4) is 0 Å².